The molecule has 0 amide bonds. The monoisotopic (exact) mass is 273 g/mol. The molecule has 3 aromatic heterocycles. The minimum absolute atomic E-state index is 0.772. The molecule has 19 heavy (non-hydrogen) atoms. The maximum Gasteiger partial charge on any atom is 0.172 e. The number of hydrogen-bond acceptors (Lipinski definition) is 5. The Kier molecular flexibility index (Phi) is 2.74. The first kappa shape index (κ1) is 12.1. The van der Waals surface area contributed by atoms with Crippen molar-refractivity contribution < 1.29 is 0 Å². The fourth-order valence-electron chi connectivity index (χ4n) is 2.21. The van der Waals surface area contributed by atoms with Crippen LogP contribution in [0.4, 0.5) is 5.00 Å². The van der Waals surface area contributed by atoms with Gasteiger partial charge in [0.15, 0.2) is 11.5 Å². The standard InChI is InChI=1S/C13H15N5S/c1-4-9-6-10(12(14)19-9)13-17-16-11-5-7(2)15-8(3)18(11)13/h5-6H,4,14H2,1-3H3. The third kappa shape index (κ3) is 1.88. The van der Waals surface area contributed by atoms with Gasteiger partial charge in [-0.1, -0.05) is 6.92 Å². The highest BCUT2D eigenvalue weighted by molar-refractivity contribution is 7.16. The molecule has 3 aromatic rings. The first-order chi connectivity index (χ1) is 9.10. The number of aryl methyl sites for hydroxylation is 3. The molecule has 0 aromatic carbocycles. The summed E-state index contributed by atoms with van der Waals surface area (Å²) in [5.74, 6) is 1.65. The number of nitrogens with two attached hydrogens (primary N) is 1. The second kappa shape index (κ2) is 4.31. The van der Waals surface area contributed by atoms with E-state index in [4.69, 9.17) is 5.73 Å². The van der Waals surface area contributed by atoms with Gasteiger partial charge in [0.25, 0.3) is 0 Å². The highest BCUT2D eigenvalue weighted by Gasteiger charge is 2.16. The molecule has 0 aliphatic carbocycles. The average Bonchev–Trinajstić information content (AvgIpc) is 2.92. The summed E-state index contributed by atoms with van der Waals surface area (Å²) in [6.45, 7) is 6.03. The minimum Gasteiger partial charge on any atom is -0.390 e. The van der Waals surface area contributed by atoms with Crippen LogP contribution in [0.2, 0.25) is 0 Å². The van der Waals surface area contributed by atoms with E-state index in [9.17, 15) is 0 Å². The van der Waals surface area contributed by atoms with E-state index < -0.39 is 0 Å². The number of nitrogen functional groups attached to an aromatic ring is 1. The van der Waals surface area contributed by atoms with Crippen LogP contribution in [0.3, 0.4) is 0 Å². The Balaban J connectivity index is 2.28. The molecule has 98 valence electrons. The molecule has 0 atom stereocenters. The number of fused-ring (bicyclic) bond motifs is 1. The van der Waals surface area contributed by atoms with Crippen LogP contribution in [0.15, 0.2) is 12.1 Å². The second-order valence-corrected chi connectivity index (χ2v) is 5.67. The lowest BCUT2D eigenvalue weighted by Crippen LogP contribution is -1.99. The summed E-state index contributed by atoms with van der Waals surface area (Å²) >= 11 is 1.61. The van der Waals surface area contributed by atoms with Gasteiger partial charge in [-0.3, -0.25) is 4.40 Å². The fourth-order valence-corrected chi connectivity index (χ4v) is 3.08. The normalized spacial score (nSPS) is 11.3. The van der Waals surface area contributed by atoms with Crippen molar-refractivity contribution in [3.05, 3.63) is 28.5 Å². The van der Waals surface area contributed by atoms with Gasteiger partial charge < -0.3 is 5.73 Å². The van der Waals surface area contributed by atoms with E-state index in [0.717, 1.165) is 40.0 Å². The zero-order valence-corrected chi connectivity index (χ0v) is 12.0. The Morgan fingerprint density at radius 2 is 2.05 bits per heavy atom. The maximum absolute atomic E-state index is 6.10. The van der Waals surface area contributed by atoms with Crippen LogP contribution in [0.5, 0.6) is 0 Å². The van der Waals surface area contributed by atoms with Gasteiger partial charge >= 0.3 is 0 Å². The number of nitrogens with zero attached hydrogens (tertiary/aromatic N) is 4. The quantitative estimate of drug-likeness (QED) is 0.779. The summed E-state index contributed by atoms with van der Waals surface area (Å²) in [4.78, 5) is 5.71. The van der Waals surface area contributed by atoms with E-state index >= 15 is 0 Å². The molecule has 0 fully saturated rings. The third-order valence-electron chi connectivity index (χ3n) is 3.09. The first-order valence-corrected chi connectivity index (χ1v) is 6.99. The predicted molar refractivity (Wildman–Crippen MR) is 77.4 cm³/mol. The lowest BCUT2D eigenvalue weighted by molar-refractivity contribution is 0.962. The number of aromatic nitrogens is 4. The van der Waals surface area contributed by atoms with Gasteiger partial charge in [-0.2, -0.15) is 0 Å². The Labute approximate surface area is 115 Å². The van der Waals surface area contributed by atoms with E-state index in [1.807, 2.05) is 24.3 Å². The number of rotatable bonds is 2. The Morgan fingerprint density at radius 1 is 1.26 bits per heavy atom. The van der Waals surface area contributed by atoms with Gasteiger partial charge in [0.1, 0.15) is 5.82 Å². The zero-order chi connectivity index (χ0) is 13.6. The lowest BCUT2D eigenvalue weighted by Gasteiger charge is -2.03. The summed E-state index contributed by atoms with van der Waals surface area (Å²) < 4.78 is 1.95. The molecule has 6 heteroatoms. The Hall–Kier alpha value is -1.95. The highest BCUT2D eigenvalue weighted by atomic mass is 32.1. The van der Waals surface area contributed by atoms with E-state index in [-0.39, 0.29) is 0 Å². The fraction of sp³-hybridized carbons (Fsp3) is 0.308. The van der Waals surface area contributed by atoms with Gasteiger partial charge in [-0.25, -0.2) is 4.98 Å². The van der Waals surface area contributed by atoms with Gasteiger partial charge in [0, 0.05) is 16.6 Å². The van der Waals surface area contributed by atoms with Crippen LogP contribution in [-0.4, -0.2) is 19.6 Å². The smallest absolute Gasteiger partial charge is 0.172 e. The number of hydrogen-bond donors (Lipinski definition) is 1. The molecule has 3 rings (SSSR count). The summed E-state index contributed by atoms with van der Waals surface area (Å²) in [5.41, 5.74) is 8.79. The molecule has 0 aliphatic rings. The van der Waals surface area contributed by atoms with Crippen molar-refractivity contribution in [3.63, 3.8) is 0 Å². The van der Waals surface area contributed by atoms with Gasteiger partial charge in [0.2, 0.25) is 0 Å². The zero-order valence-electron chi connectivity index (χ0n) is 11.1. The van der Waals surface area contributed by atoms with E-state index in [0.29, 0.717) is 0 Å². The first-order valence-electron chi connectivity index (χ1n) is 6.18. The molecule has 0 saturated carbocycles. The minimum atomic E-state index is 0.772. The summed E-state index contributed by atoms with van der Waals surface area (Å²) in [7, 11) is 0. The molecule has 0 bridgehead atoms. The molecule has 0 radical (unpaired) electrons. The van der Waals surface area contributed by atoms with Crippen molar-refractivity contribution in [1.29, 1.82) is 0 Å². The topological polar surface area (TPSA) is 69.1 Å². The van der Waals surface area contributed by atoms with Gasteiger partial charge in [-0.05, 0) is 26.3 Å². The highest BCUT2D eigenvalue weighted by Crippen LogP contribution is 2.33. The SMILES string of the molecule is CCc1cc(-c2nnc3cc(C)nc(C)n23)c(N)s1. The Bertz CT molecular complexity index is 756. The van der Waals surface area contributed by atoms with Crippen molar-refractivity contribution in [2.45, 2.75) is 27.2 Å². The van der Waals surface area contributed by atoms with Gasteiger partial charge in [0.05, 0.1) is 10.6 Å². The molecular formula is C13H15N5S. The lowest BCUT2D eigenvalue weighted by atomic mass is 10.2. The van der Waals surface area contributed by atoms with Crippen molar-refractivity contribution in [1.82, 2.24) is 19.6 Å². The molecular weight excluding hydrogens is 258 g/mol. The van der Waals surface area contributed by atoms with Crippen molar-refractivity contribution in [2.24, 2.45) is 0 Å². The molecule has 0 unspecified atom stereocenters. The van der Waals surface area contributed by atoms with Crippen LogP contribution in [-0.2, 0) is 6.42 Å². The summed E-state index contributed by atoms with van der Waals surface area (Å²) in [6.07, 6.45) is 0.974. The summed E-state index contributed by atoms with van der Waals surface area (Å²) in [6, 6.07) is 4.02. The molecule has 0 spiro atoms. The van der Waals surface area contributed by atoms with Gasteiger partial charge in [-0.15, -0.1) is 21.5 Å². The van der Waals surface area contributed by atoms with E-state index in [1.54, 1.807) is 11.3 Å². The second-order valence-electron chi connectivity index (χ2n) is 4.51. The summed E-state index contributed by atoms with van der Waals surface area (Å²) in [5, 5.41) is 9.27. The van der Waals surface area contributed by atoms with Crippen LogP contribution >= 0.6 is 11.3 Å². The Morgan fingerprint density at radius 3 is 2.74 bits per heavy atom. The molecule has 2 N–H and O–H groups in total. The number of thiophene rings is 1. The van der Waals surface area contributed by atoms with E-state index in [1.165, 1.54) is 4.88 Å². The number of anilines is 1. The molecule has 3 heterocycles. The molecule has 0 aliphatic heterocycles. The average molecular weight is 273 g/mol. The molecule has 5 nitrogen and oxygen atoms in total. The van der Waals surface area contributed by atoms with Crippen molar-refractivity contribution in [3.8, 4) is 11.4 Å². The van der Waals surface area contributed by atoms with E-state index in [2.05, 4.69) is 28.2 Å². The van der Waals surface area contributed by atoms with Crippen LogP contribution in [0.25, 0.3) is 17.0 Å². The van der Waals surface area contributed by atoms with Crippen LogP contribution in [0.1, 0.15) is 23.3 Å². The predicted octanol–water partition coefficient (Wildman–Crippen LogP) is 2.61. The third-order valence-corrected chi connectivity index (χ3v) is 4.20. The maximum atomic E-state index is 6.10. The van der Waals surface area contributed by atoms with Crippen molar-refractivity contribution >= 4 is 22.0 Å². The van der Waals surface area contributed by atoms with Crippen LogP contribution in [0, 0.1) is 13.8 Å². The molecule has 0 saturated heterocycles. The van der Waals surface area contributed by atoms with Crippen LogP contribution < -0.4 is 5.73 Å². The van der Waals surface area contributed by atoms with Crippen molar-refractivity contribution in [2.75, 3.05) is 5.73 Å². The largest absolute Gasteiger partial charge is 0.390 e.